The lowest BCUT2D eigenvalue weighted by Crippen LogP contribution is -2.29. The number of rotatable bonds is 5. The first-order valence-corrected chi connectivity index (χ1v) is 9.18. The largest absolute Gasteiger partial charge is 0.243 e. The van der Waals surface area contributed by atoms with Gasteiger partial charge in [-0.25, -0.2) is 8.42 Å². The topological polar surface area (TPSA) is 37.4 Å². The highest BCUT2D eigenvalue weighted by Crippen LogP contribution is 2.27. The molecule has 1 aromatic carbocycles. The zero-order chi connectivity index (χ0) is 14.8. The van der Waals surface area contributed by atoms with Gasteiger partial charge in [0.15, 0.2) is 0 Å². The number of hydrogen-bond donors (Lipinski definition) is 0. The molecule has 0 amide bonds. The Morgan fingerprint density at radius 1 is 1.30 bits per heavy atom. The number of sulfonamides is 1. The van der Waals surface area contributed by atoms with E-state index >= 15 is 0 Å². The van der Waals surface area contributed by atoms with E-state index in [1.807, 2.05) is 13.0 Å². The first-order valence-electron chi connectivity index (χ1n) is 7.20. The molecule has 20 heavy (non-hydrogen) atoms. The summed E-state index contributed by atoms with van der Waals surface area (Å²) >= 11 is 5.93. The summed E-state index contributed by atoms with van der Waals surface area (Å²) in [6.45, 7) is 5.44. The normalized spacial score (nSPS) is 20.4. The molecule has 0 N–H and O–H groups in total. The zero-order valence-electron chi connectivity index (χ0n) is 12.1. The second-order valence-electron chi connectivity index (χ2n) is 5.34. The minimum Gasteiger partial charge on any atom is -0.207 e. The van der Waals surface area contributed by atoms with Crippen LogP contribution in [0.2, 0.25) is 0 Å². The van der Waals surface area contributed by atoms with Crippen molar-refractivity contribution in [3.8, 4) is 0 Å². The van der Waals surface area contributed by atoms with Crippen LogP contribution in [0, 0.1) is 5.92 Å². The van der Waals surface area contributed by atoms with Gasteiger partial charge in [0.25, 0.3) is 0 Å². The van der Waals surface area contributed by atoms with Crippen LogP contribution in [0.4, 0.5) is 0 Å². The first kappa shape index (κ1) is 15.8. The molecule has 0 aromatic heterocycles. The predicted molar refractivity (Wildman–Crippen MR) is 82.5 cm³/mol. The summed E-state index contributed by atoms with van der Waals surface area (Å²) in [4.78, 5) is 0.377. The molecule has 0 aliphatic carbocycles. The molecule has 1 unspecified atom stereocenters. The molecule has 0 saturated carbocycles. The van der Waals surface area contributed by atoms with Crippen LogP contribution < -0.4 is 0 Å². The Labute approximate surface area is 127 Å². The van der Waals surface area contributed by atoms with Crippen LogP contribution in [0.15, 0.2) is 23.1 Å². The van der Waals surface area contributed by atoms with Gasteiger partial charge in [0.05, 0.1) is 4.90 Å². The van der Waals surface area contributed by atoms with Gasteiger partial charge in [0, 0.05) is 19.0 Å². The van der Waals surface area contributed by atoms with Crippen molar-refractivity contribution in [3.63, 3.8) is 0 Å². The number of halogens is 1. The van der Waals surface area contributed by atoms with Gasteiger partial charge in [-0.2, -0.15) is 4.31 Å². The summed E-state index contributed by atoms with van der Waals surface area (Å²) in [6, 6.07) is 5.34. The van der Waals surface area contributed by atoms with E-state index in [1.54, 1.807) is 16.4 Å². The molecule has 1 fully saturated rings. The fourth-order valence-corrected chi connectivity index (χ4v) is 4.56. The van der Waals surface area contributed by atoms with Crippen molar-refractivity contribution in [3.05, 3.63) is 29.3 Å². The smallest absolute Gasteiger partial charge is 0.207 e. The van der Waals surface area contributed by atoms with Gasteiger partial charge in [-0.05, 0) is 42.0 Å². The maximum absolute atomic E-state index is 12.6. The Morgan fingerprint density at radius 3 is 2.60 bits per heavy atom. The quantitative estimate of drug-likeness (QED) is 0.781. The van der Waals surface area contributed by atoms with E-state index in [9.17, 15) is 8.42 Å². The highest BCUT2D eigenvalue weighted by Gasteiger charge is 2.31. The van der Waals surface area contributed by atoms with Crippen LogP contribution >= 0.6 is 11.6 Å². The lowest BCUT2D eigenvalue weighted by atomic mass is 10.1. The van der Waals surface area contributed by atoms with Gasteiger partial charge in [0.2, 0.25) is 10.0 Å². The molecular weight excluding hydrogens is 294 g/mol. The van der Waals surface area contributed by atoms with Gasteiger partial charge in [-0.15, -0.1) is 11.6 Å². The molecule has 1 saturated heterocycles. The summed E-state index contributed by atoms with van der Waals surface area (Å²) in [6.07, 6.45) is 2.86. The van der Waals surface area contributed by atoms with Crippen molar-refractivity contribution in [2.24, 2.45) is 5.92 Å². The fraction of sp³-hybridized carbons (Fsp3) is 0.600. The molecule has 1 atom stereocenters. The molecule has 5 heteroatoms. The molecule has 3 nitrogen and oxygen atoms in total. The Bertz CT molecular complexity index is 571. The molecule has 1 aliphatic rings. The average Bonchev–Trinajstić information content (AvgIpc) is 2.96. The van der Waals surface area contributed by atoms with E-state index in [-0.39, 0.29) is 0 Å². The Kier molecular flexibility index (Phi) is 5.10. The van der Waals surface area contributed by atoms with Crippen LogP contribution in [0.3, 0.4) is 0 Å². The fourth-order valence-electron chi connectivity index (χ4n) is 2.73. The Balaban J connectivity index is 2.30. The first-order chi connectivity index (χ1) is 9.52. The Hall–Kier alpha value is -0.580. The highest BCUT2D eigenvalue weighted by molar-refractivity contribution is 7.89. The van der Waals surface area contributed by atoms with Gasteiger partial charge >= 0.3 is 0 Å². The lowest BCUT2D eigenvalue weighted by Gasteiger charge is -2.17. The van der Waals surface area contributed by atoms with Crippen molar-refractivity contribution in [2.45, 2.75) is 43.9 Å². The van der Waals surface area contributed by atoms with Crippen molar-refractivity contribution in [1.29, 1.82) is 0 Å². The second-order valence-corrected chi connectivity index (χ2v) is 7.55. The van der Waals surface area contributed by atoms with Crippen LogP contribution in [0.1, 0.15) is 37.8 Å². The molecule has 2 rings (SSSR count). The summed E-state index contributed by atoms with van der Waals surface area (Å²) in [5.41, 5.74) is 2.04. The molecule has 0 radical (unpaired) electrons. The predicted octanol–water partition coefficient (Wildman–Crippen LogP) is 3.41. The molecule has 1 heterocycles. The highest BCUT2D eigenvalue weighted by atomic mass is 35.5. The number of alkyl halides is 1. The summed E-state index contributed by atoms with van der Waals surface area (Å²) in [7, 11) is -3.36. The Morgan fingerprint density at radius 2 is 2.05 bits per heavy atom. The maximum Gasteiger partial charge on any atom is 0.243 e. The summed E-state index contributed by atoms with van der Waals surface area (Å²) in [5.74, 6) is 0.844. The lowest BCUT2D eigenvalue weighted by molar-refractivity contribution is 0.453. The van der Waals surface area contributed by atoms with Crippen molar-refractivity contribution in [1.82, 2.24) is 4.31 Å². The van der Waals surface area contributed by atoms with E-state index in [1.165, 1.54) is 0 Å². The molecule has 1 aromatic rings. The molecule has 0 bridgehead atoms. The van der Waals surface area contributed by atoms with Crippen molar-refractivity contribution < 1.29 is 8.42 Å². The molecule has 1 aliphatic heterocycles. The minimum absolute atomic E-state index is 0.351. The maximum atomic E-state index is 12.6. The van der Waals surface area contributed by atoms with E-state index < -0.39 is 10.0 Å². The van der Waals surface area contributed by atoms with E-state index in [4.69, 9.17) is 11.6 Å². The zero-order valence-corrected chi connectivity index (χ0v) is 13.7. The van der Waals surface area contributed by atoms with Crippen molar-refractivity contribution in [2.75, 3.05) is 13.1 Å². The number of nitrogens with zero attached hydrogens (tertiary/aromatic N) is 1. The third-order valence-electron chi connectivity index (χ3n) is 4.17. The SMILES string of the molecule is CCc1ccc(S(=O)(=O)N2CCC(CC)C2)cc1CCl. The van der Waals surface area contributed by atoms with Gasteiger partial charge < -0.3 is 0 Å². The summed E-state index contributed by atoms with van der Waals surface area (Å²) in [5, 5.41) is 0. The second kappa shape index (κ2) is 6.46. The molecule has 112 valence electrons. The van der Waals surface area contributed by atoms with Crippen LogP contribution in [0.25, 0.3) is 0 Å². The number of aryl methyl sites for hydroxylation is 1. The monoisotopic (exact) mass is 315 g/mol. The van der Waals surface area contributed by atoms with Gasteiger partial charge in [0.1, 0.15) is 0 Å². The third-order valence-corrected chi connectivity index (χ3v) is 6.32. The minimum atomic E-state index is -3.36. The van der Waals surface area contributed by atoms with E-state index in [0.717, 1.165) is 30.4 Å². The molecular formula is C15H22ClNO2S. The molecule has 0 spiro atoms. The van der Waals surface area contributed by atoms with Crippen LogP contribution in [0.5, 0.6) is 0 Å². The number of hydrogen-bond acceptors (Lipinski definition) is 2. The summed E-state index contributed by atoms with van der Waals surface area (Å²) < 4.78 is 26.9. The van der Waals surface area contributed by atoms with Crippen LogP contribution in [-0.4, -0.2) is 25.8 Å². The van der Waals surface area contributed by atoms with Crippen LogP contribution in [-0.2, 0) is 22.3 Å². The average molecular weight is 316 g/mol. The van der Waals surface area contributed by atoms with Gasteiger partial charge in [-0.3, -0.25) is 0 Å². The van der Waals surface area contributed by atoms with E-state index in [0.29, 0.717) is 29.8 Å². The van der Waals surface area contributed by atoms with Gasteiger partial charge in [-0.1, -0.05) is 26.3 Å². The third kappa shape index (κ3) is 3.02. The van der Waals surface area contributed by atoms with E-state index in [2.05, 4.69) is 6.92 Å². The number of benzene rings is 1. The standard InChI is InChI=1S/C15H22ClNO2S/c1-3-12-7-8-17(11-12)20(18,19)15-6-5-13(4-2)14(9-15)10-16/h5-6,9,12H,3-4,7-8,10-11H2,1-2H3. The van der Waals surface area contributed by atoms with Crippen molar-refractivity contribution >= 4 is 21.6 Å².